The van der Waals surface area contributed by atoms with Crippen LogP contribution in [0.4, 0.5) is 0 Å². The first-order valence-electron chi connectivity index (χ1n) is 4.89. The van der Waals surface area contributed by atoms with E-state index in [1.807, 2.05) is 13.8 Å². The van der Waals surface area contributed by atoms with Crippen molar-refractivity contribution in [3.8, 4) is 0 Å². The molecule has 1 fully saturated rings. The number of ether oxygens (including phenoxy) is 1. The Morgan fingerprint density at radius 1 is 1.31 bits per heavy atom. The third-order valence-corrected chi connectivity index (χ3v) is 2.75. The van der Waals surface area contributed by atoms with Crippen molar-refractivity contribution in [1.29, 1.82) is 0 Å². The number of hydrogen-bond acceptors (Lipinski definition) is 5. The summed E-state index contributed by atoms with van der Waals surface area (Å²) in [7, 11) is 0. The fourth-order valence-electron chi connectivity index (χ4n) is 2.00. The van der Waals surface area contributed by atoms with Crippen LogP contribution < -0.4 is 34.7 Å². The van der Waals surface area contributed by atoms with Crippen LogP contribution in [-0.4, -0.2) is 29.9 Å². The smallest absolute Gasteiger partial charge is 0.870 e. The van der Waals surface area contributed by atoms with Crippen LogP contribution in [0.3, 0.4) is 0 Å². The molecule has 0 aromatic rings. The van der Waals surface area contributed by atoms with Gasteiger partial charge in [0.1, 0.15) is 0 Å². The average Bonchev–Trinajstić information content (AvgIpc) is 2.54. The van der Waals surface area contributed by atoms with E-state index in [4.69, 9.17) is 4.74 Å². The minimum absolute atomic E-state index is 0. The van der Waals surface area contributed by atoms with Gasteiger partial charge in [0.05, 0.1) is 6.10 Å². The van der Waals surface area contributed by atoms with Crippen molar-refractivity contribution in [3.05, 3.63) is 0 Å². The molecule has 1 saturated heterocycles. The van der Waals surface area contributed by atoms with Crippen LogP contribution in [0.5, 0.6) is 0 Å². The zero-order chi connectivity index (χ0) is 10.7. The van der Waals surface area contributed by atoms with Gasteiger partial charge < -0.3 is 24.9 Å². The Bertz CT molecular complexity index is 233. The number of hydrogen-bond donors (Lipinski definition) is 0. The molecule has 0 aromatic carbocycles. The summed E-state index contributed by atoms with van der Waals surface area (Å²) in [4.78, 5) is 21.5. The minimum atomic E-state index is -1.21. The molecule has 4 atom stereocenters. The summed E-state index contributed by atoms with van der Waals surface area (Å²) in [6, 6.07) is 0. The number of carbonyl (C=O) groups excluding carboxylic acids is 2. The Kier molecular flexibility index (Phi) is 9.44. The van der Waals surface area contributed by atoms with Gasteiger partial charge in [0.15, 0.2) is 0 Å². The molecule has 0 aromatic heterocycles. The van der Waals surface area contributed by atoms with Gasteiger partial charge in [-0.25, -0.2) is 0 Å². The molecule has 0 amide bonds. The SMILES string of the molecule is CCC1OC(CC)C(C(=O)[O-])C1[C-]=O.[Na+].[OH-]. The molecule has 88 valence electrons. The van der Waals surface area contributed by atoms with Crippen LogP contribution in [0.2, 0.25) is 0 Å². The topological polar surface area (TPSA) is 96.4 Å². The molecule has 0 saturated carbocycles. The van der Waals surface area contributed by atoms with E-state index >= 15 is 0 Å². The summed E-state index contributed by atoms with van der Waals surface area (Å²) in [6.45, 7) is 3.69. The van der Waals surface area contributed by atoms with Crippen LogP contribution in [0.25, 0.3) is 0 Å². The Morgan fingerprint density at radius 3 is 2.12 bits per heavy atom. The number of carbonyl (C=O) groups is 1. The van der Waals surface area contributed by atoms with Crippen molar-refractivity contribution in [1.82, 2.24) is 0 Å². The molecule has 1 rings (SSSR count). The first kappa shape index (κ1) is 18.4. The monoisotopic (exact) mass is 238 g/mol. The molecule has 0 radical (unpaired) electrons. The standard InChI is InChI=1S/C10H15O4.Na.H2O/c1-3-7-6(5-11)9(10(12)13)8(4-2)14-7;;/h6-9H,3-4H2,1-2H3,(H,12,13);;1H2/q-1;+1;/p-2. The second kappa shape index (κ2) is 8.20. The molecule has 1 N–H and O–H groups in total. The maximum Gasteiger partial charge on any atom is 1.00 e. The van der Waals surface area contributed by atoms with Gasteiger partial charge in [-0.15, -0.1) is 5.92 Å². The van der Waals surface area contributed by atoms with Crippen molar-refractivity contribution in [3.63, 3.8) is 0 Å². The Hall–Kier alpha value is 0.0600. The van der Waals surface area contributed by atoms with Crippen molar-refractivity contribution in [2.75, 3.05) is 0 Å². The molecule has 1 heterocycles. The van der Waals surface area contributed by atoms with Gasteiger partial charge in [-0.1, -0.05) is 13.8 Å². The molecule has 4 unspecified atom stereocenters. The van der Waals surface area contributed by atoms with Gasteiger partial charge in [-0.3, -0.25) is 6.29 Å². The van der Waals surface area contributed by atoms with E-state index in [0.29, 0.717) is 12.8 Å². The summed E-state index contributed by atoms with van der Waals surface area (Å²) in [5.74, 6) is -2.71. The van der Waals surface area contributed by atoms with E-state index in [9.17, 15) is 14.7 Å². The molecule has 0 spiro atoms. The third kappa shape index (κ3) is 3.53. The predicted molar refractivity (Wildman–Crippen MR) is 48.9 cm³/mol. The van der Waals surface area contributed by atoms with E-state index in [-0.39, 0.29) is 41.1 Å². The van der Waals surface area contributed by atoms with E-state index < -0.39 is 23.9 Å². The molecular weight excluding hydrogens is 223 g/mol. The fraction of sp³-hybridized carbons (Fsp3) is 0.800. The summed E-state index contributed by atoms with van der Waals surface area (Å²) < 4.78 is 5.45. The summed E-state index contributed by atoms with van der Waals surface area (Å²) >= 11 is 0. The summed E-state index contributed by atoms with van der Waals surface area (Å²) in [6.07, 6.45) is 2.24. The fourth-order valence-corrected chi connectivity index (χ4v) is 2.00. The Balaban J connectivity index is 0. The largest absolute Gasteiger partial charge is 1.00 e. The molecule has 6 heteroatoms. The van der Waals surface area contributed by atoms with Crippen LogP contribution in [0, 0.1) is 11.8 Å². The van der Waals surface area contributed by atoms with Crippen LogP contribution in [0.1, 0.15) is 26.7 Å². The van der Waals surface area contributed by atoms with Crippen molar-refractivity contribution in [2.24, 2.45) is 11.8 Å². The summed E-state index contributed by atoms with van der Waals surface area (Å²) in [5.41, 5.74) is 0. The first-order valence-corrected chi connectivity index (χ1v) is 4.89. The van der Waals surface area contributed by atoms with E-state index in [0.717, 1.165) is 0 Å². The van der Waals surface area contributed by atoms with Gasteiger partial charge >= 0.3 is 29.6 Å². The molecule has 0 aliphatic carbocycles. The zero-order valence-electron chi connectivity index (χ0n) is 9.80. The molecule has 16 heavy (non-hydrogen) atoms. The number of carboxylic acid groups (broad SMARTS) is 1. The Labute approximate surface area is 117 Å². The minimum Gasteiger partial charge on any atom is -0.870 e. The Morgan fingerprint density at radius 2 is 1.81 bits per heavy atom. The average molecular weight is 238 g/mol. The maximum atomic E-state index is 10.8. The van der Waals surface area contributed by atoms with E-state index in [1.54, 1.807) is 6.29 Å². The van der Waals surface area contributed by atoms with Crippen LogP contribution in [-0.2, 0) is 14.3 Å². The first-order chi connectivity index (χ1) is 6.65. The van der Waals surface area contributed by atoms with E-state index in [1.165, 1.54) is 0 Å². The molecule has 5 nitrogen and oxygen atoms in total. The predicted octanol–water partition coefficient (Wildman–Crippen LogP) is -3.51. The van der Waals surface area contributed by atoms with Gasteiger partial charge in [-0.05, 0) is 12.8 Å². The maximum absolute atomic E-state index is 10.8. The van der Waals surface area contributed by atoms with Gasteiger partial charge in [0, 0.05) is 18.0 Å². The number of aliphatic carboxylic acids is 1. The zero-order valence-corrected chi connectivity index (χ0v) is 11.8. The molecule has 1 aliphatic rings. The quantitative estimate of drug-likeness (QED) is 0.374. The van der Waals surface area contributed by atoms with Crippen molar-refractivity contribution < 1.29 is 54.5 Å². The molecule has 0 bridgehead atoms. The number of carboxylic acids is 1. The van der Waals surface area contributed by atoms with Crippen LogP contribution in [0.15, 0.2) is 0 Å². The normalized spacial score (nSPS) is 32.4. The van der Waals surface area contributed by atoms with E-state index in [2.05, 4.69) is 0 Å². The van der Waals surface area contributed by atoms with Crippen LogP contribution >= 0.6 is 0 Å². The second-order valence-corrected chi connectivity index (χ2v) is 3.52. The summed E-state index contributed by atoms with van der Waals surface area (Å²) in [5, 5.41) is 10.8. The second-order valence-electron chi connectivity index (χ2n) is 3.52. The molecule has 1 aliphatic heterocycles. The van der Waals surface area contributed by atoms with Crippen molar-refractivity contribution in [2.45, 2.75) is 38.9 Å². The third-order valence-electron chi connectivity index (χ3n) is 2.75. The van der Waals surface area contributed by atoms with Gasteiger partial charge in [-0.2, -0.15) is 0 Å². The van der Waals surface area contributed by atoms with Gasteiger partial charge in [0.2, 0.25) is 0 Å². The van der Waals surface area contributed by atoms with Crippen molar-refractivity contribution >= 4 is 12.3 Å². The van der Waals surface area contributed by atoms with Gasteiger partial charge in [0.25, 0.3) is 0 Å². The number of rotatable bonds is 4. The molecular formula is C10H15NaO5-2.